The van der Waals surface area contributed by atoms with Gasteiger partial charge in [-0.2, -0.15) is 0 Å². The second-order valence-electron chi connectivity index (χ2n) is 11.9. The summed E-state index contributed by atoms with van der Waals surface area (Å²) in [4.78, 5) is 36.0. The summed E-state index contributed by atoms with van der Waals surface area (Å²) >= 11 is 0. The molecule has 0 heterocycles. The van der Waals surface area contributed by atoms with E-state index in [0.717, 1.165) is 57.8 Å². The molecule has 0 saturated carbocycles. The van der Waals surface area contributed by atoms with E-state index in [4.69, 9.17) is 10.5 Å². The van der Waals surface area contributed by atoms with Gasteiger partial charge in [0.1, 0.15) is 12.1 Å². The van der Waals surface area contributed by atoms with Crippen molar-refractivity contribution in [3.63, 3.8) is 0 Å². The number of rotatable bonds is 31. The van der Waals surface area contributed by atoms with Gasteiger partial charge in [0.15, 0.2) is 0 Å². The zero-order valence-corrected chi connectivity index (χ0v) is 27.4. The lowest BCUT2D eigenvalue weighted by Gasteiger charge is -2.18. The molecule has 246 valence electrons. The van der Waals surface area contributed by atoms with E-state index >= 15 is 0 Å². The first-order valence-corrected chi connectivity index (χ1v) is 17.5. The van der Waals surface area contributed by atoms with Crippen LogP contribution in [0.1, 0.15) is 174 Å². The number of amides is 1. The van der Waals surface area contributed by atoms with Crippen LogP contribution in [0.4, 0.5) is 0 Å². The summed E-state index contributed by atoms with van der Waals surface area (Å²) in [5.74, 6) is -1.28. The number of esters is 1. The van der Waals surface area contributed by atoms with Gasteiger partial charge in [0.25, 0.3) is 0 Å². The summed E-state index contributed by atoms with van der Waals surface area (Å²) in [6.07, 6.45) is 29.7. The van der Waals surface area contributed by atoms with Crippen LogP contribution in [-0.4, -0.2) is 41.6 Å². The molecule has 0 aliphatic heterocycles. The quantitative estimate of drug-likeness (QED) is 0.0419. The van der Waals surface area contributed by atoms with E-state index in [1.165, 1.54) is 77.0 Å². The van der Waals surface area contributed by atoms with Gasteiger partial charge in [-0.25, -0.2) is 4.79 Å². The minimum atomic E-state index is -1.01. The van der Waals surface area contributed by atoms with Gasteiger partial charge in [0.2, 0.25) is 5.91 Å². The standard InChI is InChI=1S/C35H66N2O5/c1-3-5-7-9-10-11-12-13-14-15-17-23-29-34(39)42-31(25-20-16-8-6-4-2)26-21-18-19-22-28-33(38)37-32(35(40)41)27-24-30-36/h10-11,31-32H,3-9,12-30,36H2,1-2H3,(H,37,38)(H,40,41)/b11-10-. The van der Waals surface area contributed by atoms with E-state index in [9.17, 15) is 19.5 Å². The van der Waals surface area contributed by atoms with Gasteiger partial charge in [-0.15, -0.1) is 0 Å². The van der Waals surface area contributed by atoms with Gasteiger partial charge in [-0.05, 0) is 83.6 Å². The number of hydrogen-bond acceptors (Lipinski definition) is 5. The molecular weight excluding hydrogens is 528 g/mol. The predicted octanol–water partition coefficient (Wildman–Crippen LogP) is 8.77. The van der Waals surface area contributed by atoms with Crippen molar-refractivity contribution in [2.75, 3.05) is 6.54 Å². The third-order valence-electron chi connectivity index (χ3n) is 7.83. The van der Waals surface area contributed by atoms with Crippen molar-refractivity contribution >= 4 is 17.8 Å². The monoisotopic (exact) mass is 594 g/mol. The third-order valence-corrected chi connectivity index (χ3v) is 7.83. The van der Waals surface area contributed by atoms with Gasteiger partial charge in [-0.3, -0.25) is 9.59 Å². The van der Waals surface area contributed by atoms with Gasteiger partial charge in [0.05, 0.1) is 0 Å². The van der Waals surface area contributed by atoms with Gasteiger partial charge in [0, 0.05) is 12.8 Å². The molecule has 0 aliphatic rings. The summed E-state index contributed by atoms with van der Waals surface area (Å²) in [7, 11) is 0. The second kappa shape index (κ2) is 30.6. The molecule has 42 heavy (non-hydrogen) atoms. The van der Waals surface area contributed by atoms with E-state index in [2.05, 4.69) is 31.3 Å². The van der Waals surface area contributed by atoms with Crippen molar-refractivity contribution in [1.82, 2.24) is 5.32 Å². The fraction of sp³-hybridized carbons (Fsp3) is 0.857. The summed E-state index contributed by atoms with van der Waals surface area (Å²) < 4.78 is 5.92. The molecule has 0 saturated heterocycles. The van der Waals surface area contributed by atoms with Gasteiger partial charge < -0.3 is 20.9 Å². The lowest BCUT2D eigenvalue weighted by Crippen LogP contribution is -2.40. The molecule has 2 atom stereocenters. The Hall–Kier alpha value is -1.89. The maximum atomic E-state index is 12.6. The highest BCUT2D eigenvalue weighted by Gasteiger charge is 2.19. The van der Waals surface area contributed by atoms with E-state index < -0.39 is 12.0 Å². The first kappa shape index (κ1) is 40.1. The molecule has 0 aliphatic carbocycles. The summed E-state index contributed by atoms with van der Waals surface area (Å²) in [6.45, 7) is 4.86. The Morgan fingerprint density at radius 1 is 0.667 bits per heavy atom. The number of nitrogens with one attached hydrogen (secondary N) is 1. The molecule has 7 heteroatoms. The highest BCUT2D eigenvalue weighted by atomic mass is 16.5. The van der Waals surface area contributed by atoms with Crippen LogP contribution in [-0.2, 0) is 19.1 Å². The number of carbonyl (C=O) groups is 3. The number of aliphatic carboxylic acids is 1. The van der Waals surface area contributed by atoms with Crippen LogP contribution in [0, 0.1) is 0 Å². The normalized spacial score (nSPS) is 12.8. The Morgan fingerprint density at radius 2 is 1.17 bits per heavy atom. The van der Waals surface area contributed by atoms with Crippen molar-refractivity contribution < 1.29 is 24.2 Å². The fourth-order valence-electron chi connectivity index (χ4n) is 5.15. The molecule has 0 fully saturated rings. The predicted molar refractivity (Wildman–Crippen MR) is 174 cm³/mol. The zero-order chi connectivity index (χ0) is 31.1. The number of carboxylic acids is 1. The smallest absolute Gasteiger partial charge is 0.326 e. The number of nitrogens with two attached hydrogens (primary N) is 1. The number of carbonyl (C=O) groups excluding carboxylic acids is 2. The Kier molecular flexibility index (Phi) is 29.2. The average Bonchev–Trinajstić information content (AvgIpc) is 2.97. The molecule has 0 radical (unpaired) electrons. The first-order valence-electron chi connectivity index (χ1n) is 17.5. The lowest BCUT2D eigenvalue weighted by molar-refractivity contribution is -0.150. The van der Waals surface area contributed by atoms with Crippen molar-refractivity contribution in [3.05, 3.63) is 12.2 Å². The van der Waals surface area contributed by atoms with E-state index in [1.54, 1.807) is 0 Å². The zero-order valence-electron chi connectivity index (χ0n) is 27.4. The fourth-order valence-corrected chi connectivity index (χ4v) is 5.15. The summed E-state index contributed by atoms with van der Waals surface area (Å²) in [5, 5.41) is 11.9. The van der Waals surface area contributed by atoms with Gasteiger partial charge >= 0.3 is 11.9 Å². The number of hydrogen-bond donors (Lipinski definition) is 3. The van der Waals surface area contributed by atoms with Crippen LogP contribution in [0.3, 0.4) is 0 Å². The van der Waals surface area contributed by atoms with Crippen LogP contribution in [0.25, 0.3) is 0 Å². The Morgan fingerprint density at radius 3 is 1.76 bits per heavy atom. The van der Waals surface area contributed by atoms with Crippen LogP contribution >= 0.6 is 0 Å². The van der Waals surface area contributed by atoms with Crippen LogP contribution < -0.4 is 11.1 Å². The van der Waals surface area contributed by atoms with Crippen LogP contribution in [0.2, 0.25) is 0 Å². The molecule has 0 bridgehead atoms. The van der Waals surface area contributed by atoms with Crippen molar-refractivity contribution in [1.29, 1.82) is 0 Å². The van der Waals surface area contributed by atoms with E-state index in [1.807, 2.05) is 0 Å². The SMILES string of the molecule is CCCCC/C=C\CCCCCCCC(=O)OC(CCCCCCC)CCCCCCC(=O)NC(CCCN)C(=O)O. The largest absolute Gasteiger partial charge is 0.480 e. The molecule has 0 spiro atoms. The van der Waals surface area contributed by atoms with Crippen molar-refractivity contribution in [3.8, 4) is 0 Å². The summed E-state index contributed by atoms with van der Waals surface area (Å²) in [6, 6.07) is -0.860. The Balaban J connectivity index is 4.18. The molecule has 4 N–H and O–H groups in total. The molecule has 1 amide bonds. The molecule has 0 aromatic rings. The number of unbranched alkanes of at least 4 members (excludes halogenated alkanes) is 15. The molecule has 0 rings (SSSR count). The van der Waals surface area contributed by atoms with E-state index in [0.29, 0.717) is 32.2 Å². The lowest BCUT2D eigenvalue weighted by atomic mass is 10.0. The maximum absolute atomic E-state index is 12.6. The number of ether oxygens (including phenoxy) is 1. The Labute approximate surface area is 258 Å². The second-order valence-corrected chi connectivity index (χ2v) is 11.9. The van der Waals surface area contributed by atoms with Gasteiger partial charge in [-0.1, -0.05) is 96.6 Å². The highest BCUT2D eigenvalue weighted by Crippen LogP contribution is 2.18. The average molecular weight is 595 g/mol. The summed E-state index contributed by atoms with van der Waals surface area (Å²) in [5.41, 5.74) is 5.46. The molecule has 2 unspecified atom stereocenters. The van der Waals surface area contributed by atoms with Crippen LogP contribution in [0.5, 0.6) is 0 Å². The highest BCUT2D eigenvalue weighted by molar-refractivity contribution is 5.83. The minimum Gasteiger partial charge on any atom is -0.480 e. The maximum Gasteiger partial charge on any atom is 0.326 e. The minimum absolute atomic E-state index is 0.00888. The van der Waals surface area contributed by atoms with E-state index in [-0.39, 0.29) is 18.0 Å². The number of carboxylic acid groups (broad SMARTS) is 1. The molecule has 7 nitrogen and oxygen atoms in total. The van der Waals surface area contributed by atoms with Crippen molar-refractivity contribution in [2.45, 2.75) is 187 Å². The molecule has 0 aromatic heterocycles. The molecule has 0 aromatic carbocycles. The third kappa shape index (κ3) is 27.0. The first-order chi connectivity index (χ1) is 20.4. The topological polar surface area (TPSA) is 119 Å². The Bertz CT molecular complexity index is 682. The van der Waals surface area contributed by atoms with Crippen molar-refractivity contribution in [2.24, 2.45) is 5.73 Å². The van der Waals surface area contributed by atoms with Crippen LogP contribution in [0.15, 0.2) is 12.2 Å². The number of allylic oxidation sites excluding steroid dienone is 2. The molecular formula is C35H66N2O5.